The Balaban J connectivity index is 1.49. The van der Waals surface area contributed by atoms with Crippen LogP contribution in [0.1, 0.15) is 51.8 Å². The van der Waals surface area contributed by atoms with Crippen LogP contribution in [0.2, 0.25) is 0 Å². The molecule has 7 nitrogen and oxygen atoms in total. The number of benzene rings is 2. The lowest BCUT2D eigenvalue weighted by molar-refractivity contribution is 0.0734. The van der Waals surface area contributed by atoms with Gasteiger partial charge in [0.25, 0.3) is 5.91 Å². The molecular weight excluding hydrogens is 408 g/mol. The van der Waals surface area contributed by atoms with Gasteiger partial charge >= 0.3 is 0 Å². The number of amides is 1. The predicted molar refractivity (Wildman–Crippen MR) is 119 cm³/mol. The number of nitrogens with zero attached hydrogens (tertiary/aromatic N) is 2. The highest BCUT2D eigenvalue weighted by molar-refractivity contribution is 5.94. The van der Waals surface area contributed by atoms with Crippen LogP contribution in [0.25, 0.3) is 0 Å². The molecule has 1 amide bonds. The van der Waals surface area contributed by atoms with Crippen molar-refractivity contribution in [2.24, 2.45) is 0 Å². The molecule has 1 fully saturated rings. The third kappa shape index (κ3) is 4.28. The first-order valence-corrected chi connectivity index (χ1v) is 10.7. The molecule has 168 valence electrons. The summed E-state index contributed by atoms with van der Waals surface area (Å²) in [5.41, 5.74) is 3.36. The standard InChI is InChI=1S/C25H28N2O5/c1-16-22(17(2)32-26-16)15-31-19-9-7-18(8-10-19)25(28)27-13-5-6-23(27)21-14-20(29-3)11-12-24(21)30-4/h7-12,14,23H,5-6,13,15H2,1-4H3/t23-/m1/s1. The van der Waals surface area contributed by atoms with Crippen LogP contribution in [0.3, 0.4) is 0 Å². The van der Waals surface area contributed by atoms with E-state index in [1.807, 2.05) is 61.2 Å². The molecule has 1 aromatic heterocycles. The third-order valence-corrected chi connectivity index (χ3v) is 5.98. The second-order valence-electron chi connectivity index (χ2n) is 7.88. The highest BCUT2D eigenvalue weighted by atomic mass is 16.5. The molecule has 2 heterocycles. The van der Waals surface area contributed by atoms with Gasteiger partial charge in [-0.3, -0.25) is 4.79 Å². The number of hydrogen-bond acceptors (Lipinski definition) is 6. The molecule has 7 heteroatoms. The molecular formula is C25H28N2O5. The number of carbonyl (C=O) groups is 1. The number of rotatable bonds is 7. The minimum Gasteiger partial charge on any atom is -0.497 e. The van der Waals surface area contributed by atoms with E-state index < -0.39 is 0 Å². The van der Waals surface area contributed by atoms with Crippen LogP contribution >= 0.6 is 0 Å². The number of hydrogen-bond donors (Lipinski definition) is 0. The number of carbonyl (C=O) groups excluding carboxylic acids is 1. The SMILES string of the molecule is COc1ccc(OC)c([C@H]2CCCN2C(=O)c2ccc(OCc3c(C)noc3C)cc2)c1. The maximum atomic E-state index is 13.3. The van der Waals surface area contributed by atoms with Gasteiger partial charge in [0, 0.05) is 17.7 Å². The molecule has 3 aromatic rings. The fourth-order valence-corrected chi connectivity index (χ4v) is 4.16. The Morgan fingerprint density at radius 3 is 2.50 bits per heavy atom. The van der Waals surface area contributed by atoms with E-state index in [1.54, 1.807) is 14.2 Å². The van der Waals surface area contributed by atoms with Crippen molar-refractivity contribution >= 4 is 5.91 Å². The molecule has 0 unspecified atom stereocenters. The highest BCUT2D eigenvalue weighted by Crippen LogP contribution is 2.39. The molecule has 0 N–H and O–H groups in total. The fourth-order valence-electron chi connectivity index (χ4n) is 4.16. The van der Waals surface area contributed by atoms with Crippen molar-refractivity contribution < 1.29 is 23.5 Å². The van der Waals surface area contributed by atoms with Crippen LogP contribution in [0, 0.1) is 13.8 Å². The van der Waals surface area contributed by atoms with Crippen molar-refractivity contribution in [3.63, 3.8) is 0 Å². The van der Waals surface area contributed by atoms with E-state index in [-0.39, 0.29) is 11.9 Å². The summed E-state index contributed by atoms with van der Waals surface area (Å²) >= 11 is 0. The minimum atomic E-state index is -0.0528. The summed E-state index contributed by atoms with van der Waals surface area (Å²) in [4.78, 5) is 15.2. The van der Waals surface area contributed by atoms with Crippen molar-refractivity contribution in [1.82, 2.24) is 10.1 Å². The van der Waals surface area contributed by atoms with E-state index in [9.17, 15) is 4.79 Å². The first-order chi connectivity index (χ1) is 15.5. The summed E-state index contributed by atoms with van der Waals surface area (Å²) in [6.07, 6.45) is 1.82. The normalized spacial score (nSPS) is 15.6. The average Bonchev–Trinajstić information content (AvgIpc) is 3.43. The van der Waals surface area contributed by atoms with Crippen molar-refractivity contribution in [3.05, 3.63) is 70.6 Å². The Kier molecular flexibility index (Phi) is 6.35. The van der Waals surface area contributed by atoms with Crippen molar-refractivity contribution in [2.45, 2.75) is 39.3 Å². The Hall–Kier alpha value is -3.48. The Morgan fingerprint density at radius 2 is 1.84 bits per heavy atom. The number of aryl methyl sites for hydroxylation is 2. The minimum absolute atomic E-state index is 0.00496. The number of aromatic nitrogens is 1. The quantitative estimate of drug-likeness (QED) is 0.526. The monoisotopic (exact) mass is 436 g/mol. The van der Waals surface area contributed by atoms with Gasteiger partial charge in [-0.25, -0.2) is 0 Å². The maximum absolute atomic E-state index is 13.3. The molecule has 0 spiro atoms. The summed E-state index contributed by atoms with van der Waals surface area (Å²) < 4.78 is 22.0. The highest BCUT2D eigenvalue weighted by Gasteiger charge is 2.32. The summed E-state index contributed by atoms with van der Waals surface area (Å²) in [6, 6.07) is 12.9. The molecule has 1 aliphatic rings. The summed E-state index contributed by atoms with van der Waals surface area (Å²) in [6.45, 7) is 4.83. The van der Waals surface area contributed by atoms with Gasteiger partial charge in [-0.15, -0.1) is 0 Å². The van der Waals surface area contributed by atoms with Gasteiger partial charge in [0.05, 0.1) is 31.5 Å². The molecule has 2 aromatic carbocycles. The zero-order valence-corrected chi connectivity index (χ0v) is 18.9. The topological polar surface area (TPSA) is 74.0 Å². The third-order valence-electron chi connectivity index (χ3n) is 5.98. The summed E-state index contributed by atoms with van der Waals surface area (Å²) in [7, 11) is 3.28. The Labute approximate surface area is 187 Å². The molecule has 0 saturated carbocycles. The number of ether oxygens (including phenoxy) is 3. The first-order valence-electron chi connectivity index (χ1n) is 10.7. The maximum Gasteiger partial charge on any atom is 0.254 e. The van der Waals surface area contributed by atoms with E-state index >= 15 is 0 Å². The predicted octanol–water partition coefficient (Wildman–Crippen LogP) is 4.86. The Morgan fingerprint density at radius 1 is 1.09 bits per heavy atom. The smallest absolute Gasteiger partial charge is 0.254 e. The zero-order chi connectivity index (χ0) is 22.7. The zero-order valence-electron chi connectivity index (χ0n) is 18.9. The van der Waals surface area contributed by atoms with Crippen molar-refractivity contribution in [1.29, 1.82) is 0 Å². The molecule has 0 bridgehead atoms. The molecule has 1 atom stereocenters. The second kappa shape index (κ2) is 9.34. The second-order valence-corrected chi connectivity index (χ2v) is 7.88. The summed E-state index contributed by atoms with van der Waals surface area (Å²) in [5.74, 6) is 2.95. The fraction of sp³-hybridized carbons (Fsp3) is 0.360. The molecule has 1 saturated heterocycles. The number of likely N-dealkylation sites (tertiary alicyclic amines) is 1. The lowest BCUT2D eigenvalue weighted by atomic mass is 10.0. The average molecular weight is 437 g/mol. The van der Waals surface area contributed by atoms with Crippen molar-refractivity contribution in [3.8, 4) is 17.2 Å². The van der Waals surface area contributed by atoms with Gasteiger partial charge < -0.3 is 23.6 Å². The molecule has 4 rings (SSSR count). The Bertz CT molecular complexity index is 1070. The number of methoxy groups -OCH3 is 2. The molecule has 32 heavy (non-hydrogen) atoms. The first kappa shape index (κ1) is 21.7. The van der Waals surface area contributed by atoms with E-state index in [4.69, 9.17) is 18.7 Å². The van der Waals surface area contributed by atoms with Crippen LogP contribution in [-0.2, 0) is 6.61 Å². The lowest BCUT2D eigenvalue weighted by Gasteiger charge is -2.27. The van der Waals surface area contributed by atoms with Gasteiger partial charge in [-0.2, -0.15) is 0 Å². The van der Waals surface area contributed by atoms with Crippen LogP contribution < -0.4 is 14.2 Å². The van der Waals surface area contributed by atoms with E-state index in [1.165, 1.54) is 0 Å². The largest absolute Gasteiger partial charge is 0.497 e. The van der Waals surface area contributed by atoms with E-state index in [0.29, 0.717) is 24.5 Å². The van der Waals surface area contributed by atoms with Crippen molar-refractivity contribution in [2.75, 3.05) is 20.8 Å². The lowest BCUT2D eigenvalue weighted by Crippen LogP contribution is -2.30. The summed E-state index contributed by atoms with van der Waals surface area (Å²) in [5, 5.41) is 3.94. The van der Waals surface area contributed by atoms with Gasteiger partial charge in [0.15, 0.2) is 0 Å². The van der Waals surface area contributed by atoms with E-state index in [0.717, 1.165) is 46.9 Å². The van der Waals surface area contributed by atoms with Crippen LogP contribution in [0.4, 0.5) is 0 Å². The van der Waals surface area contributed by atoms with Crippen LogP contribution in [-0.4, -0.2) is 36.7 Å². The van der Waals surface area contributed by atoms with Gasteiger partial charge in [-0.1, -0.05) is 5.16 Å². The molecule has 1 aliphatic heterocycles. The molecule has 0 radical (unpaired) electrons. The van der Waals surface area contributed by atoms with Gasteiger partial charge in [-0.05, 0) is 69.2 Å². The molecule has 0 aliphatic carbocycles. The van der Waals surface area contributed by atoms with Crippen LogP contribution in [0.15, 0.2) is 47.0 Å². The van der Waals surface area contributed by atoms with E-state index in [2.05, 4.69) is 5.16 Å². The van der Waals surface area contributed by atoms with Crippen LogP contribution in [0.5, 0.6) is 17.2 Å². The van der Waals surface area contributed by atoms with Gasteiger partial charge in [0.1, 0.15) is 29.6 Å². The van der Waals surface area contributed by atoms with Gasteiger partial charge in [0.2, 0.25) is 0 Å².